The number of rotatable bonds is 2. The summed E-state index contributed by atoms with van der Waals surface area (Å²) < 4.78 is 0. The molecule has 0 unspecified atom stereocenters. The van der Waals surface area contributed by atoms with Gasteiger partial charge in [0, 0.05) is 26.0 Å². The third-order valence-corrected chi connectivity index (χ3v) is 5.20. The summed E-state index contributed by atoms with van der Waals surface area (Å²) in [4.78, 5) is 37.5. The molecule has 2 aliphatic heterocycles. The van der Waals surface area contributed by atoms with E-state index in [1.54, 1.807) is 4.90 Å². The molecule has 25 heavy (non-hydrogen) atoms. The molecule has 0 aliphatic carbocycles. The predicted octanol–water partition coefficient (Wildman–Crippen LogP) is 1.84. The largest absolute Gasteiger partial charge is 0.309 e. The van der Waals surface area contributed by atoms with Crippen molar-refractivity contribution in [1.82, 2.24) is 10.3 Å². The van der Waals surface area contributed by atoms with Crippen LogP contribution in [0.4, 0.5) is 5.69 Å². The van der Waals surface area contributed by atoms with Gasteiger partial charge >= 0.3 is 0 Å². The average molecular weight is 360 g/mol. The Bertz CT molecular complexity index is 792. The van der Waals surface area contributed by atoms with Gasteiger partial charge in [0.15, 0.2) is 5.17 Å². The maximum atomic E-state index is 13.4. The highest BCUT2D eigenvalue weighted by Gasteiger charge is 2.61. The van der Waals surface area contributed by atoms with Crippen LogP contribution in [-0.4, -0.2) is 34.4 Å². The third-order valence-electron chi connectivity index (χ3n) is 3.96. The molecule has 8 heteroatoms. The van der Waals surface area contributed by atoms with Gasteiger partial charge in [0.2, 0.25) is 16.7 Å². The van der Waals surface area contributed by atoms with Gasteiger partial charge in [0.25, 0.3) is 5.91 Å². The normalized spacial score (nSPS) is 21.8. The molecule has 1 spiro atoms. The number of nitrogens with zero attached hydrogens (tertiary/aromatic N) is 3. The van der Waals surface area contributed by atoms with Crippen LogP contribution < -0.4 is 10.2 Å². The number of hydrogen-bond acceptors (Lipinski definition) is 5. The standard InChI is InChI=1S/C17H20N4O3S/c1-10(2)9-20-14-8-6-5-7-13(14)17(15(20)24)21(12(4)23)19-16(25-17)18-11(3)22/h5-8,10H,9H2,1-4H3,(H,18,19,22)/t17-/m1/s1. The molecule has 3 rings (SSSR count). The number of nitrogens with one attached hydrogen (secondary N) is 1. The van der Waals surface area contributed by atoms with Gasteiger partial charge in [-0.25, -0.2) is 0 Å². The Morgan fingerprint density at radius 1 is 1.28 bits per heavy atom. The molecule has 3 amide bonds. The van der Waals surface area contributed by atoms with Crippen molar-refractivity contribution in [2.24, 2.45) is 11.0 Å². The number of para-hydroxylation sites is 1. The Balaban J connectivity index is 2.12. The SMILES string of the molecule is CC(=O)NC1=NN(C(C)=O)[C@]2(S1)C(=O)N(CC(C)C)c1ccccc12. The molecule has 0 aromatic heterocycles. The molecule has 1 N–H and O–H groups in total. The van der Waals surface area contributed by atoms with Crippen molar-refractivity contribution in [3.63, 3.8) is 0 Å². The zero-order valence-electron chi connectivity index (χ0n) is 14.6. The number of thioether (sulfide) groups is 1. The molecule has 1 aromatic rings. The third kappa shape index (κ3) is 2.70. The number of carbonyl (C=O) groups excluding carboxylic acids is 3. The first-order valence-corrected chi connectivity index (χ1v) is 8.86. The molecule has 0 bridgehead atoms. The lowest BCUT2D eigenvalue weighted by atomic mass is 10.1. The highest BCUT2D eigenvalue weighted by molar-refractivity contribution is 8.15. The molecule has 7 nitrogen and oxygen atoms in total. The predicted molar refractivity (Wildman–Crippen MR) is 96.7 cm³/mol. The highest BCUT2D eigenvalue weighted by atomic mass is 32.2. The number of fused-ring (bicyclic) bond motifs is 2. The number of anilines is 1. The molecule has 0 fully saturated rings. The highest BCUT2D eigenvalue weighted by Crippen LogP contribution is 2.54. The number of carbonyl (C=O) groups is 3. The lowest BCUT2D eigenvalue weighted by Crippen LogP contribution is -2.49. The summed E-state index contributed by atoms with van der Waals surface area (Å²) in [7, 11) is 0. The summed E-state index contributed by atoms with van der Waals surface area (Å²) in [5.41, 5.74) is 1.49. The van der Waals surface area contributed by atoms with Gasteiger partial charge < -0.3 is 10.2 Å². The maximum absolute atomic E-state index is 13.4. The quantitative estimate of drug-likeness (QED) is 0.872. The smallest absolute Gasteiger partial charge is 0.270 e. The molecule has 132 valence electrons. The number of hydrogen-bond donors (Lipinski definition) is 1. The number of benzene rings is 1. The molecule has 0 radical (unpaired) electrons. The van der Waals surface area contributed by atoms with Crippen LogP contribution in [0.5, 0.6) is 0 Å². The zero-order valence-corrected chi connectivity index (χ0v) is 15.4. The van der Waals surface area contributed by atoms with Crippen LogP contribution in [0.3, 0.4) is 0 Å². The van der Waals surface area contributed by atoms with E-state index in [2.05, 4.69) is 10.4 Å². The molecular formula is C17H20N4O3S. The first-order chi connectivity index (χ1) is 11.8. The van der Waals surface area contributed by atoms with E-state index in [1.165, 1.54) is 18.9 Å². The van der Waals surface area contributed by atoms with Gasteiger partial charge in [-0.2, -0.15) is 5.01 Å². The van der Waals surface area contributed by atoms with E-state index in [-0.39, 0.29) is 28.8 Å². The van der Waals surface area contributed by atoms with Crippen molar-refractivity contribution in [2.45, 2.75) is 32.6 Å². The zero-order chi connectivity index (χ0) is 18.4. The van der Waals surface area contributed by atoms with Crippen LogP contribution in [0.15, 0.2) is 29.4 Å². The summed E-state index contributed by atoms with van der Waals surface area (Å²) in [6.07, 6.45) is 0. The number of hydrazone groups is 1. The van der Waals surface area contributed by atoms with Crippen molar-refractivity contribution in [1.29, 1.82) is 0 Å². The summed E-state index contributed by atoms with van der Waals surface area (Å²) >= 11 is 1.10. The monoisotopic (exact) mass is 360 g/mol. The summed E-state index contributed by atoms with van der Waals surface area (Å²) in [6.45, 7) is 7.33. The Labute approximate surface area is 150 Å². The summed E-state index contributed by atoms with van der Waals surface area (Å²) in [6, 6.07) is 7.41. The molecule has 2 aliphatic rings. The number of amidine groups is 1. The van der Waals surface area contributed by atoms with Crippen molar-refractivity contribution in [2.75, 3.05) is 11.4 Å². The van der Waals surface area contributed by atoms with Gasteiger partial charge in [-0.3, -0.25) is 14.4 Å². The first kappa shape index (κ1) is 17.5. The molecule has 2 heterocycles. The van der Waals surface area contributed by atoms with E-state index in [1.807, 2.05) is 38.1 Å². The average Bonchev–Trinajstić information content (AvgIpc) is 3.00. The van der Waals surface area contributed by atoms with Gasteiger partial charge in [0.1, 0.15) is 0 Å². The molecule has 0 saturated heterocycles. The van der Waals surface area contributed by atoms with Crippen LogP contribution in [0, 0.1) is 5.92 Å². The maximum Gasteiger partial charge on any atom is 0.270 e. The van der Waals surface area contributed by atoms with Gasteiger partial charge in [-0.15, -0.1) is 5.10 Å². The second-order valence-electron chi connectivity index (χ2n) is 6.49. The van der Waals surface area contributed by atoms with Gasteiger partial charge in [-0.1, -0.05) is 32.0 Å². The molecule has 0 saturated carbocycles. The fourth-order valence-corrected chi connectivity index (χ4v) is 4.44. The Morgan fingerprint density at radius 2 is 1.96 bits per heavy atom. The van der Waals surface area contributed by atoms with Crippen molar-refractivity contribution in [3.05, 3.63) is 29.8 Å². The van der Waals surface area contributed by atoms with E-state index < -0.39 is 4.87 Å². The minimum atomic E-state index is -1.30. The van der Waals surface area contributed by atoms with E-state index in [9.17, 15) is 14.4 Å². The van der Waals surface area contributed by atoms with Crippen molar-refractivity contribution >= 4 is 40.3 Å². The lowest BCUT2D eigenvalue weighted by Gasteiger charge is -2.29. The van der Waals surface area contributed by atoms with Crippen LogP contribution in [-0.2, 0) is 19.3 Å². The van der Waals surface area contributed by atoms with Crippen molar-refractivity contribution < 1.29 is 14.4 Å². The van der Waals surface area contributed by atoms with Crippen LogP contribution in [0.2, 0.25) is 0 Å². The second kappa shape index (κ2) is 6.18. The van der Waals surface area contributed by atoms with Gasteiger partial charge in [0.05, 0.1) is 5.69 Å². The Morgan fingerprint density at radius 3 is 2.56 bits per heavy atom. The van der Waals surface area contributed by atoms with E-state index >= 15 is 0 Å². The second-order valence-corrected chi connectivity index (χ2v) is 7.67. The minimum absolute atomic E-state index is 0.216. The number of amides is 3. The summed E-state index contributed by atoms with van der Waals surface area (Å²) in [5, 5.41) is 8.24. The fourth-order valence-electron chi connectivity index (χ4n) is 3.11. The van der Waals surface area contributed by atoms with Crippen molar-refractivity contribution in [3.8, 4) is 0 Å². The fraction of sp³-hybridized carbons (Fsp3) is 0.412. The Hall–Kier alpha value is -2.35. The van der Waals surface area contributed by atoms with E-state index in [0.29, 0.717) is 12.1 Å². The molecular weight excluding hydrogens is 340 g/mol. The van der Waals surface area contributed by atoms with E-state index in [4.69, 9.17) is 0 Å². The molecule has 1 aromatic carbocycles. The van der Waals surface area contributed by atoms with E-state index in [0.717, 1.165) is 17.4 Å². The van der Waals surface area contributed by atoms with Crippen LogP contribution >= 0.6 is 11.8 Å². The molecule has 1 atom stereocenters. The summed E-state index contributed by atoms with van der Waals surface area (Å²) in [5.74, 6) is -0.612. The Kier molecular flexibility index (Phi) is 4.32. The first-order valence-electron chi connectivity index (χ1n) is 8.05. The minimum Gasteiger partial charge on any atom is -0.309 e. The lowest BCUT2D eigenvalue weighted by molar-refractivity contribution is -0.139. The topological polar surface area (TPSA) is 82.1 Å². The van der Waals surface area contributed by atoms with Crippen LogP contribution in [0.1, 0.15) is 33.3 Å². The van der Waals surface area contributed by atoms with Gasteiger partial charge in [-0.05, 0) is 23.7 Å². The van der Waals surface area contributed by atoms with Crippen LogP contribution in [0.25, 0.3) is 0 Å².